The summed E-state index contributed by atoms with van der Waals surface area (Å²) in [6.45, 7) is 2.59. The monoisotopic (exact) mass is 296 g/mol. The highest BCUT2D eigenvalue weighted by molar-refractivity contribution is 7.13. The minimum Gasteiger partial charge on any atom is -0.368 e. The van der Waals surface area contributed by atoms with E-state index in [4.69, 9.17) is 11.6 Å². The first-order chi connectivity index (χ1) is 9.16. The Morgan fingerprint density at radius 3 is 3.00 bits per heavy atom. The Morgan fingerprint density at radius 2 is 2.32 bits per heavy atom. The van der Waals surface area contributed by atoms with Crippen molar-refractivity contribution in [2.75, 3.05) is 18.4 Å². The summed E-state index contributed by atoms with van der Waals surface area (Å²) < 4.78 is 0. The van der Waals surface area contributed by atoms with Gasteiger partial charge in [0.15, 0.2) is 0 Å². The fourth-order valence-corrected chi connectivity index (χ4v) is 2.40. The molecule has 1 amide bonds. The van der Waals surface area contributed by atoms with Crippen molar-refractivity contribution in [1.82, 2.24) is 15.3 Å². The van der Waals surface area contributed by atoms with Crippen LogP contribution in [0.15, 0.2) is 23.7 Å². The Hall–Kier alpha value is -1.66. The van der Waals surface area contributed by atoms with Gasteiger partial charge in [-0.3, -0.25) is 4.79 Å². The Bertz CT molecular complexity index is 559. The second-order valence-electron chi connectivity index (χ2n) is 3.79. The number of hydrogen-bond donors (Lipinski definition) is 2. The van der Waals surface area contributed by atoms with Gasteiger partial charge in [-0.05, 0) is 23.0 Å². The zero-order valence-corrected chi connectivity index (χ0v) is 11.9. The maximum atomic E-state index is 10.8. The summed E-state index contributed by atoms with van der Waals surface area (Å²) >= 11 is 7.42. The van der Waals surface area contributed by atoms with Gasteiger partial charge in [0.25, 0.3) is 0 Å². The van der Waals surface area contributed by atoms with Crippen molar-refractivity contribution in [1.29, 1.82) is 0 Å². The molecule has 0 bridgehead atoms. The highest BCUT2D eigenvalue weighted by Crippen LogP contribution is 2.30. The lowest BCUT2D eigenvalue weighted by molar-refractivity contribution is -0.118. The SMILES string of the molecule is CC(=O)NCCNc1nc(Cl)ncc1-c1cccs1. The maximum absolute atomic E-state index is 10.8. The molecule has 0 aliphatic heterocycles. The molecule has 100 valence electrons. The van der Waals surface area contributed by atoms with Crippen LogP contribution in [0, 0.1) is 0 Å². The summed E-state index contributed by atoms with van der Waals surface area (Å²) in [5.74, 6) is 0.619. The standard InChI is InChI=1S/C12H13ClN4OS/c1-8(18)14-4-5-15-11-9(7-16-12(13)17-11)10-3-2-6-19-10/h2-3,6-7H,4-5H2,1H3,(H,14,18)(H,15,16,17). The van der Waals surface area contributed by atoms with Gasteiger partial charge in [0.2, 0.25) is 11.2 Å². The summed E-state index contributed by atoms with van der Waals surface area (Å²) in [5.41, 5.74) is 0.905. The van der Waals surface area contributed by atoms with Crippen LogP contribution in [0.3, 0.4) is 0 Å². The van der Waals surface area contributed by atoms with E-state index < -0.39 is 0 Å². The van der Waals surface area contributed by atoms with Crippen LogP contribution in [-0.4, -0.2) is 29.0 Å². The van der Waals surface area contributed by atoms with E-state index in [9.17, 15) is 4.79 Å². The Balaban J connectivity index is 2.10. The third-order valence-electron chi connectivity index (χ3n) is 2.34. The van der Waals surface area contributed by atoms with E-state index in [0.717, 1.165) is 10.4 Å². The number of carbonyl (C=O) groups excluding carboxylic acids is 1. The number of aromatic nitrogens is 2. The molecular formula is C12H13ClN4OS. The van der Waals surface area contributed by atoms with Gasteiger partial charge in [-0.2, -0.15) is 0 Å². The number of nitrogens with zero attached hydrogens (tertiary/aromatic N) is 2. The van der Waals surface area contributed by atoms with Gasteiger partial charge < -0.3 is 10.6 Å². The van der Waals surface area contributed by atoms with Crippen LogP contribution in [0.2, 0.25) is 5.28 Å². The summed E-state index contributed by atoms with van der Waals surface area (Å²) in [4.78, 5) is 20.0. The van der Waals surface area contributed by atoms with Crippen molar-refractivity contribution in [2.45, 2.75) is 6.92 Å². The van der Waals surface area contributed by atoms with Crippen molar-refractivity contribution < 1.29 is 4.79 Å². The van der Waals surface area contributed by atoms with Crippen molar-refractivity contribution in [3.63, 3.8) is 0 Å². The molecule has 2 rings (SSSR count). The molecule has 19 heavy (non-hydrogen) atoms. The molecule has 0 aliphatic carbocycles. The van der Waals surface area contributed by atoms with Crippen LogP contribution >= 0.6 is 22.9 Å². The second kappa shape index (κ2) is 6.49. The van der Waals surface area contributed by atoms with E-state index in [2.05, 4.69) is 20.6 Å². The minimum atomic E-state index is -0.0546. The first-order valence-corrected chi connectivity index (χ1v) is 6.97. The Morgan fingerprint density at radius 1 is 1.47 bits per heavy atom. The van der Waals surface area contributed by atoms with E-state index in [1.54, 1.807) is 17.5 Å². The highest BCUT2D eigenvalue weighted by atomic mass is 35.5. The van der Waals surface area contributed by atoms with Gasteiger partial charge in [-0.1, -0.05) is 6.07 Å². The van der Waals surface area contributed by atoms with E-state index in [1.165, 1.54) is 6.92 Å². The van der Waals surface area contributed by atoms with Gasteiger partial charge in [0.1, 0.15) is 5.82 Å². The molecule has 2 heterocycles. The first-order valence-electron chi connectivity index (χ1n) is 5.71. The lowest BCUT2D eigenvalue weighted by Gasteiger charge is -2.10. The molecule has 0 radical (unpaired) electrons. The summed E-state index contributed by atoms with van der Waals surface area (Å²) in [6, 6.07) is 3.96. The van der Waals surface area contributed by atoms with Crippen molar-refractivity contribution in [2.24, 2.45) is 0 Å². The molecule has 2 N–H and O–H groups in total. The number of halogens is 1. The molecule has 0 saturated carbocycles. The molecule has 0 unspecified atom stereocenters. The zero-order valence-electron chi connectivity index (χ0n) is 10.3. The molecule has 0 aromatic carbocycles. The Kier molecular flexibility index (Phi) is 4.70. The van der Waals surface area contributed by atoms with E-state index in [-0.39, 0.29) is 11.2 Å². The average molecular weight is 297 g/mol. The molecule has 2 aromatic heterocycles. The van der Waals surface area contributed by atoms with Crippen molar-refractivity contribution in [3.05, 3.63) is 29.0 Å². The summed E-state index contributed by atoms with van der Waals surface area (Å²) in [6.07, 6.45) is 1.70. The number of amides is 1. The molecule has 5 nitrogen and oxygen atoms in total. The van der Waals surface area contributed by atoms with E-state index in [0.29, 0.717) is 18.9 Å². The van der Waals surface area contributed by atoms with Gasteiger partial charge in [-0.15, -0.1) is 11.3 Å². The third-order valence-corrected chi connectivity index (χ3v) is 3.42. The first kappa shape index (κ1) is 13.8. The molecule has 2 aromatic rings. The van der Waals surface area contributed by atoms with E-state index >= 15 is 0 Å². The topological polar surface area (TPSA) is 66.9 Å². The number of hydrogen-bond acceptors (Lipinski definition) is 5. The van der Waals surface area contributed by atoms with E-state index in [1.807, 2.05) is 17.5 Å². The largest absolute Gasteiger partial charge is 0.368 e. The molecule has 7 heteroatoms. The second-order valence-corrected chi connectivity index (χ2v) is 5.07. The number of carbonyl (C=O) groups is 1. The van der Waals surface area contributed by atoms with Crippen molar-refractivity contribution in [3.8, 4) is 10.4 Å². The summed E-state index contributed by atoms with van der Waals surface area (Å²) in [7, 11) is 0. The fourth-order valence-electron chi connectivity index (χ4n) is 1.53. The molecule has 0 spiro atoms. The lowest BCUT2D eigenvalue weighted by atomic mass is 10.2. The Labute approximate surface area is 120 Å². The smallest absolute Gasteiger partial charge is 0.224 e. The summed E-state index contributed by atoms with van der Waals surface area (Å²) in [5, 5.41) is 8.05. The van der Waals surface area contributed by atoms with Gasteiger partial charge >= 0.3 is 0 Å². The van der Waals surface area contributed by atoms with Crippen LogP contribution in [0.1, 0.15) is 6.92 Å². The van der Waals surface area contributed by atoms with Crippen molar-refractivity contribution >= 4 is 34.7 Å². The number of thiophene rings is 1. The van der Waals surface area contributed by atoms with Crippen LogP contribution in [0.5, 0.6) is 0 Å². The molecule has 0 fully saturated rings. The predicted octanol–water partition coefficient (Wildman–Crippen LogP) is 2.41. The molecule has 0 aliphatic rings. The fraction of sp³-hybridized carbons (Fsp3) is 0.250. The van der Waals surface area contributed by atoms with Gasteiger partial charge in [0.05, 0.1) is 5.56 Å². The minimum absolute atomic E-state index is 0.0546. The zero-order chi connectivity index (χ0) is 13.7. The quantitative estimate of drug-likeness (QED) is 0.657. The maximum Gasteiger partial charge on any atom is 0.224 e. The van der Waals surface area contributed by atoms with Crippen LogP contribution in [0.4, 0.5) is 5.82 Å². The molecule has 0 saturated heterocycles. The highest BCUT2D eigenvalue weighted by Gasteiger charge is 2.09. The average Bonchev–Trinajstić information content (AvgIpc) is 2.88. The number of anilines is 1. The number of rotatable bonds is 5. The number of nitrogens with one attached hydrogen (secondary N) is 2. The van der Waals surface area contributed by atoms with Gasteiger partial charge in [0, 0.05) is 31.1 Å². The van der Waals surface area contributed by atoms with Gasteiger partial charge in [-0.25, -0.2) is 9.97 Å². The van der Waals surface area contributed by atoms with Crippen LogP contribution in [-0.2, 0) is 4.79 Å². The van der Waals surface area contributed by atoms with Crippen LogP contribution < -0.4 is 10.6 Å². The third kappa shape index (κ3) is 3.90. The molecular weight excluding hydrogens is 284 g/mol. The lowest BCUT2D eigenvalue weighted by Crippen LogP contribution is -2.26. The normalized spacial score (nSPS) is 10.2. The predicted molar refractivity (Wildman–Crippen MR) is 77.5 cm³/mol. The van der Waals surface area contributed by atoms with Crippen LogP contribution in [0.25, 0.3) is 10.4 Å². The molecule has 0 atom stereocenters.